The van der Waals surface area contributed by atoms with E-state index in [2.05, 4.69) is 11.1 Å². The molecule has 3 N–H and O–H groups in total. The summed E-state index contributed by atoms with van der Waals surface area (Å²) in [5.74, 6) is 0.845. The average Bonchev–Trinajstić information content (AvgIpc) is 2.77. The first-order chi connectivity index (χ1) is 14.0. The molecule has 0 amide bonds. The Kier molecular flexibility index (Phi) is 6.28. The Morgan fingerprint density at radius 3 is 2.52 bits per heavy atom. The van der Waals surface area contributed by atoms with Gasteiger partial charge in [-0.3, -0.25) is 10.4 Å². The number of ether oxygens (including phenoxy) is 1. The minimum Gasteiger partial charge on any atom is -0.495 e. The highest BCUT2D eigenvalue weighted by atomic mass is 35.5. The topological polar surface area (TPSA) is 95.2 Å². The van der Waals surface area contributed by atoms with Gasteiger partial charge in [-0.1, -0.05) is 54.1 Å². The third-order valence-electron chi connectivity index (χ3n) is 4.40. The second-order valence-electron chi connectivity index (χ2n) is 6.28. The molecule has 0 aromatic heterocycles. The van der Waals surface area contributed by atoms with Crippen molar-refractivity contribution in [3.8, 4) is 11.8 Å². The first-order valence-corrected chi connectivity index (χ1v) is 9.22. The highest BCUT2D eigenvalue weighted by Gasteiger charge is 2.14. The van der Waals surface area contributed by atoms with Gasteiger partial charge in [-0.05, 0) is 29.8 Å². The number of nitrogens with one attached hydrogen (secondary N) is 1. The summed E-state index contributed by atoms with van der Waals surface area (Å²) in [5, 5.41) is 18.3. The second-order valence-corrected chi connectivity index (χ2v) is 6.69. The van der Waals surface area contributed by atoms with E-state index in [9.17, 15) is 5.26 Å². The largest absolute Gasteiger partial charge is 0.495 e. The molecular weight excluding hydrogens is 384 g/mol. The summed E-state index contributed by atoms with van der Waals surface area (Å²) in [6.45, 7) is 0.310. The number of nitrogens with zero attached hydrogens (tertiary/aromatic N) is 2. The number of aliphatic imine (C=N–C) groups is 1. The van der Waals surface area contributed by atoms with Crippen LogP contribution in [-0.4, -0.2) is 18.7 Å². The number of nitrogens with two attached hydrogens (primary N) is 1. The Balaban J connectivity index is 1.95. The van der Waals surface area contributed by atoms with E-state index in [4.69, 9.17) is 27.5 Å². The molecule has 0 heterocycles. The van der Waals surface area contributed by atoms with E-state index in [1.807, 2.05) is 36.4 Å². The Bertz CT molecular complexity index is 1120. The van der Waals surface area contributed by atoms with Gasteiger partial charge in [0.1, 0.15) is 11.6 Å². The van der Waals surface area contributed by atoms with Crippen LogP contribution in [0.2, 0.25) is 5.02 Å². The van der Waals surface area contributed by atoms with E-state index in [0.29, 0.717) is 39.7 Å². The first-order valence-electron chi connectivity index (χ1n) is 8.84. The smallest absolute Gasteiger partial charge is 0.137 e. The molecule has 0 saturated carbocycles. The van der Waals surface area contributed by atoms with Crippen LogP contribution in [-0.2, 0) is 6.54 Å². The van der Waals surface area contributed by atoms with Crippen molar-refractivity contribution in [2.24, 2.45) is 10.7 Å². The van der Waals surface area contributed by atoms with Gasteiger partial charge in [-0.15, -0.1) is 0 Å². The van der Waals surface area contributed by atoms with Gasteiger partial charge in [0.25, 0.3) is 0 Å². The molecule has 5 nitrogen and oxygen atoms in total. The van der Waals surface area contributed by atoms with Crippen molar-refractivity contribution in [1.82, 2.24) is 0 Å². The van der Waals surface area contributed by atoms with Crippen molar-refractivity contribution in [1.29, 1.82) is 10.7 Å². The van der Waals surface area contributed by atoms with E-state index in [-0.39, 0.29) is 5.84 Å². The van der Waals surface area contributed by atoms with Crippen LogP contribution in [0.1, 0.15) is 27.8 Å². The zero-order valence-electron chi connectivity index (χ0n) is 15.8. The molecule has 3 aromatic rings. The molecule has 0 aliphatic carbocycles. The van der Waals surface area contributed by atoms with Crippen molar-refractivity contribution < 1.29 is 4.74 Å². The summed E-state index contributed by atoms with van der Waals surface area (Å²) in [4.78, 5) is 4.46. The van der Waals surface area contributed by atoms with Crippen LogP contribution < -0.4 is 10.5 Å². The molecule has 0 bridgehead atoms. The lowest BCUT2D eigenvalue weighted by Crippen LogP contribution is -2.19. The van der Waals surface area contributed by atoms with E-state index in [0.717, 1.165) is 11.1 Å². The van der Waals surface area contributed by atoms with Crippen LogP contribution in [0.3, 0.4) is 0 Å². The molecule has 144 valence electrons. The van der Waals surface area contributed by atoms with Gasteiger partial charge < -0.3 is 10.5 Å². The van der Waals surface area contributed by atoms with Gasteiger partial charge in [0.05, 0.1) is 36.0 Å². The predicted molar refractivity (Wildman–Crippen MR) is 116 cm³/mol. The molecule has 0 atom stereocenters. The highest BCUT2D eigenvalue weighted by Crippen LogP contribution is 2.25. The fraction of sp³-hybridized carbons (Fsp3) is 0.0870. The van der Waals surface area contributed by atoms with Crippen molar-refractivity contribution >= 4 is 23.1 Å². The van der Waals surface area contributed by atoms with Crippen molar-refractivity contribution in [2.75, 3.05) is 7.11 Å². The quantitative estimate of drug-likeness (QED) is 0.468. The van der Waals surface area contributed by atoms with Crippen LogP contribution in [0.5, 0.6) is 5.75 Å². The number of hydrogen-bond acceptors (Lipinski definition) is 4. The van der Waals surface area contributed by atoms with Gasteiger partial charge in [0, 0.05) is 16.7 Å². The third-order valence-corrected chi connectivity index (χ3v) is 4.70. The van der Waals surface area contributed by atoms with Crippen molar-refractivity contribution in [3.05, 3.63) is 99.6 Å². The Morgan fingerprint density at radius 1 is 1.10 bits per heavy atom. The minimum absolute atomic E-state index is 0.254. The predicted octanol–water partition coefficient (Wildman–Crippen LogP) is 4.54. The van der Waals surface area contributed by atoms with Crippen molar-refractivity contribution in [3.63, 3.8) is 0 Å². The van der Waals surface area contributed by atoms with Crippen LogP contribution in [0.15, 0.2) is 71.7 Å². The van der Waals surface area contributed by atoms with E-state index < -0.39 is 0 Å². The summed E-state index contributed by atoms with van der Waals surface area (Å²) in [6, 6.07) is 21.9. The van der Waals surface area contributed by atoms with Crippen LogP contribution >= 0.6 is 11.6 Å². The minimum atomic E-state index is 0.254. The first kappa shape index (κ1) is 20.1. The molecule has 29 heavy (non-hydrogen) atoms. The van der Waals surface area contributed by atoms with Crippen LogP contribution in [0.25, 0.3) is 0 Å². The van der Waals surface area contributed by atoms with E-state index in [1.165, 1.54) is 0 Å². The number of nitriles is 1. The molecular formula is C23H19ClN4O. The van der Waals surface area contributed by atoms with Gasteiger partial charge in [0.15, 0.2) is 0 Å². The second kappa shape index (κ2) is 9.05. The summed E-state index contributed by atoms with van der Waals surface area (Å²) < 4.78 is 5.16. The fourth-order valence-corrected chi connectivity index (χ4v) is 3.15. The number of benzene rings is 3. The number of rotatable bonds is 6. The average molecular weight is 403 g/mol. The van der Waals surface area contributed by atoms with Gasteiger partial charge in [-0.25, -0.2) is 0 Å². The summed E-state index contributed by atoms with van der Waals surface area (Å²) in [6.07, 6.45) is 0. The Labute approximate surface area is 174 Å². The molecule has 0 radical (unpaired) electrons. The van der Waals surface area contributed by atoms with E-state index >= 15 is 0 Å². The lowest BCUT2D eigenvalue weighted by Gasteiger charge is -2.12. The number of halogens is 1. The maximum atomic E-state index is 9.27. The Hall–Kier alpha value is -3.62. The summed E-state index contributed by atoms with van der Waals surface area (Å²) in [7, 11) is 1.56. The normalized spacial score (nSPS) is 11.0. The molecule has 0 spiro atoms. The molecule has 0 unspecified atom stereocenters. The molecule has 0 saturated heterocycles. The summed E-state index contributed by atoms with van der Waals surface area (Å²) in [5.41, 5.74) is 9.83. The zero-order chi connectivity index (χ0) is 20.8. The van der Waals surface area contributed by atoms with Crippen molar-refractivity contribution in [2.45, 2.75) is 6.54 Å². The lowest BCUT2D eigenvalue weighted by atomic mass is 9.95. The maximum absolute atomic E-state index is 9.27. The molecule has 3 rings (SSSR count). The molecule has 0 aliphatic heterocycles. The maximum Gasteiger partial charge on any atom is 0.137 e. The number of methoxy groups -OCH3 is 1. The number of hydrogen-bond donors (Lipinski definition) is 2. The molecule has 0 aliphatic rings. The molecule has 3 aromatic carbocycles. The van der Waals surface area contributed by atoms with E-state index in [1.54, 1.807) is 37.4 Å². The number of amidine groups is 1. The molecule has 6 heteroatoms. The molecule has 0 fully saturated rings. The zero-order valence-corrected chi connectivity index (χ0v) is 16.6. The SMILES string of the molecule is COc1ccc(CN=C(N)c2cc(C#N)ccc2C(=N)c2ccccc2)cc1Cl. The van der Waals surface area contributed by atoms with Gasteiger partial charge in [-0.2, -0.15) is 5.26 Å². The summed E-state index contributed by atoms with van der Waals surface area (Å²) >= 11 is 6.17. The lowest BCUT2D eigenvalue weighted by molar-refractivity contribution is 0.415. The van der Waals surface area contributed by atoms with Gasteiger partial charge >= 0.3 is 0 Å². The monoisotopic (exact) mass is 402 g/mol. The van der Waals surface area contributed by atoms with Crippen LogP contribution in [0, 0.1) is 16.7 Å². The third kappa shape index (κ3) is 4.63. The van der Waals surface area contributed by atoms with Crippen LogP contribution in [0.4, 0.5) is 0 Å². The Morgan fingerprint density at radius 2 is 1.86 bits per heavy atom. The highest BCUT2D eigenvalue weighted by molar-refractivity contribution is 6.32. The fourth-order valence-electron chi connectivity index (χ4n) is 2.87. The van der Waals surface area contributed by atoms with Gasteiger partial charge in [0.2, 0.25) is 0 Å². The standard InChI is InChI=1S/C23H19ClN4O/c1-29-21-10-8-16(12-20(21)24)14-28-23(27)19-11-15(13-25)7-9-18(19)22(26)17-5-3-2-4-6-17/h2-12,26H,14H2,1H3,(H2,27,28).